The molecule has 2 heterocycles. The molecule has 9 heteroatoms. The Balaban J connectivity index is 0.00000240. The monoisotopic (exact) mass is 435 g/mol. The van der Waals surface area contributed by atoms with Crippen LogP contribution in [-0.4, -0.2) is 77.3 Å². The first-order chi connectivity index (χ1) is 13.5. The van der Waals surface area contributed by atoms with Crippen LogP contribution in [0.1, 0.15) is 11.4 Å². The van der Waals surface area contributed by atoms with Crippen LogP contribution in [0, 0.1) is 0 Å². The van der Waals surface area contributed by atoms with E-state index in [9.17, 15) is 14.4 Å². The molecule has 1 saturated heterocycles. The summed E-state index contributed by atoms with van der Waals surface area (Å²) in [7, 11) is 1.68. The molecule has 1 aromatic heterocycles. The summed E-state index contributed by atoms with van der Waals surface area (Å²) in [4.78, 5) is 39.8. The molecule has 1 aliphatic rings. The first-order valence-electron chi connectivity index (χ1n) is 8.69. The van der Waals surface area contributed by atoms with E-state index in [0.29, 0.717) is 28.9 Å². The average Bonchev–Trinajstić information content (AvgIpc) is 3.01. The normalized spacial score (nSPS) is 15.8. The molecule has 3 aromatic rings. The van der Waals surface area contributed by atoms with Crippen LogP contribution in [0.3, 0.4) is 0 Å². The SMILES string of the molecule is Cn1c(COc2ccc(CC3SC(=O)NC3=O)cc2)nc2ccccc2c1=O.[KH]. The Kier molecular flexibility index (Phi) is 7.31. The van der Waals surface area contributed by atoms with Crippen molar-refractivity contribution in [3.8, 4) is 5.75 Å². The minimum atomic E-state index is -0.393. The van der Waals surface area contributed by atoms with Crippen molar-refractivity contribution in [2.75, 3.05) is 0 Å². The number of carbonyl (C=O) groups excluding carboxylic acids is 2. The molecule has 4 rings (SSSR count). The maximum atomic E-state index is 12.4. The minimum absolute atomic E-state index is 0. The van der Waals surface area contributed by atoms with Gasteiger partial charge in [0.05, 0.1) is 16.2 Å². The maximum absolute atomic E-state index is 12.4. The number of nitrogens with zero attached hydrogens (tertiary/aromatic N) is 2. The van der Waals surface area contributed by atoms with Crippen molar-refractivity contribution in [2.24, 2.45) is 7.05 Å². The van der Waals surface area contributed by atoms with Crippen molar-refractivity contribution in [1.29, 1.82) is 0 Å². The third-order valence-electron chi connectivity index (χ3n) is 4.56. The number of thioether (sulfide) groups is 1. The Morgan fingerprint density at radius 3 is 2.52 bits per heavy atom. The van der Waals surface area contributed by atoms with Crippen LogP contribution in [0.2, 0.25) is 0 Å². The summed E-state index contributed by atoms with van der Waals surface area (Å²) < 4.78 is 7.27. The number of nitrogens with one attached hydrogen (secondary N) is 1. The van der Waals surface area contributed by atoms with E-state index in [1.165, 1.54) is 4.57 Å². The van der Waals surface area contributed by atoms with Crippen LogP contribution in [0.15, 0.2) is 53.3 Å². The summed E-state index contributed by atoms with van der Waals surface area (Å²) >= 11 is 1.01. The molecule has 7 nitrogen and oxygen atoms in total. The third-order valence-corrected chi connectivity index (χ3v) is 5.54. The fourth-order valence-electron chi connectivity index (χ4n) is 3.00. The first-order valence-corrected chi connectivity index (χ1v) is 9.57. The van der Waals surface area contributed by atoms with Crippen LogP contribution in [-0.2, 0) is 24.9 Å². The fraction of sp³-hybridized carbons (Fsp3) is 0.200. The Hall–Kier alpha value is -1.49. The fourth-order valence-corrected chi connectivity index (χ4v) is 3.86. The van der Waals surface area contributed by atoms with Gasteiger partial charge in [0, 0.05) is 7.05 Å². The molecule has 0 bridgehead atoms. The predicted octanol–water partition coefficient (Wildman–Crippen LogP) is 1.76. The zero-order valence-corrected chi connectivity index (χ0v) is 15.9. The Morgan fingerprint density at radius 2 is 1.83 bits per heavy atom. The molecule has 1 atom stereocenters. The number of fused-ring (bicyclic) bond motifs is 1. The summed E-state index contributed by atoms with van der Waals surface area (Å²) in [5.41, 5.74) is 1.47. The molecule has 2 aromatic carbocycles. The van der Waals surface area contributed by atoms with E-state index in [-0.39, 0.29) is 74.7 Å². The van der Waals surface area contributed by atoms with E-state index in [2.05, 4.69) is 10.3 Å². The standard InChI is InChI=1S/C20H17N3O4S.K.H/c1-23-17(21-15-5-3-2-4-14(15)19(23)25)11-27-13-8-6-12(7-9-13)10-16-18(24)22-20(26)28-16;;/h2-9,16H,10-11H2,1H3,(H,22,24,26);;. The van der Waals surface area contributed by atoms with Gasteiger partial charge in [-0.1, -0.05) is 36.0 Å². The summed E-state index contributed by atoms with van der Waals surface area (Å²) in [6.07, 6.45) is 0.475. The second-order valence-electron chi connectivity index (χ2n) is 6.43. The van der Waals surface area contributed by atoms with Gasteiger partial charge in [0.15, 0.2) is 0 Å². The predicted molar refractivity (Wildman–Crippen MR) is 114 cm³/mol. The van der Waals surface area contributed by atoms with Crippen molar-refractivity contribution in [2.45, 2.75) is 18.3 Å². The summed E-state index contributed by atoms with van der Waals surface area (Å²) in [6.45, 7) is 0.158. The summed E-state index contributed by atoms with van der Waals surface area (Å²) in [5.74, 6) is 0.912. The molecule has 1 unspecified atom stereocenters. The van der Waals surface area contributed by atoms with Crippen molar-refractivity contribution in [1.82, 2.24) is 14.9 Å². The van der Waals surface area contributed by atoms with Crippen molar-refractivity contribution in [3.63, 3.8) is 0 Å². The zero-order chi connectivity index (χ0) is 19.7. The van der Waals surface area contributed by atoms with Crippen molar-refractivity contribution in [3.05, 3.63) is 70.3 Å². The van der Waals surface area contributed by atoms with E-state index in [4.69, 9.17) is 4.74 Å². The van der Waals surface area contributed by atoms with Gasteiger partial charge in [-0.2, -0.15) is 0 Å². The van der Waals surface area contributed by atoms with Gasteiger partial charge in [-0.05, 0) is 36.2 Å². The number of hydrogen-bond donors (Lipinski definition) is 1. The molecular weight excluding hydrogens is 417 g/mol. The van der Waals surface area contributed by atoms with Crippen molar-refractivity contribution >= 4 is 85.2 Å². The van der Waals surface area contributed by atoms with Gasteiger partial charge in [-0.3, -0.25) is 24.3 Å². The van der Waals surface area contributed by atoms with Crippen molar-refractivity contribution < 1.29 is 14.3 Å². The van der Waals surface area contributed by atoms with Gasteiger partial charge >= 0.3 is 51.4 Å². The van der Waals surface area contributed by atoms with E-state index < -0.39 is 5.25 Å². The van der Waals surface area contributed by atoms with E-state index in [0.717, 1.165) is 17.3 Å². The zero-order valence-electron chi connectivity index (χ0n) is 15.0. The molecule has 2 amide bonds. The quantitative estimate of drug-likeness (QED) is 0.614. The van der Waals surface area contributed by atoms with Gasteiger partial charge in [-0.25, -0.2) is 4.98 Å². The molecule has 1 N–H and O–H groups in total. The van der Waals surface area contributed by atoms with Crippen LogP contribution >= 0.6 is 11.8 Å². The Bertz CT molecular complexity index is 1130. The second kappa shape index (κ2) is 9.54. The van der Waals surface area contributed by atoms with E-state index in [1.54, 1.807) is 31.3 Å². The van der Waals surface area contributed by atoms with Crippen LogP contribution in [0.4, 0.5) is 4.79 Å². The number of benzene rings is 2. The molecule has 1 fully saturated rings. The van der Waals surface area contributed by atoms with Gasteiger partial charge in [0.25, 0.3) is 10.8 Å². The molecule has 0 saturated carbocycles. The Labute approximate surface area is 213 Å². The van der Waals surface area contributed by atoms with Gasteiger partial charge in [-0.15, -0.1) is 0 Å². The van der Waals surface area contributed by atoms with Crippen LogP contribution < -0.4 is 15.6 Å². The Morgan fingerprint density at radius 1 is 1.10 bits per heavy atom. The summed E-state index contributed by atoms with van der Waals surface area (Å²) in [5, 5.41) is 2.16. The number of hydrogen-bond acceptors (Lipinski definition) is 6. The topological polar surface area (TPSA) is 90.3 Å². The van der Waals surface area contributed by atoms with E-state index >= 15 is 0 Å². The number of ether oxygens (including phenoxy) is 1. The third kappa shape index (κ3) is 4.99. The van der Waals surface area contributed by atoms with Crippen LogP contribution in [0.25, 0.3) is 10.9 Å². The first kappa shape index (κ1) is 22.2. The molecule has 29 heavy (non-hydrogen) atoms. The molecule has 144 valence electrons. The number of carbonyl (C=O) groups is 2. The molecule has 0 aliphatic carbocycles. The number of rotatable bonds is 5. The van der Waals surface area contributed by atoms with E-state index in [1.807, 2.05) is 24.3 Å². The second-order valence-corrected chi connectivity index (χ2v) is 7.60. The van der Waals surface area contributed by atoms with Gasteiger partial charge < -0.3 is 4.74 Å². The number of para-hydroxylation sites is 1. The molecule has 0 radical (unpaired) electrons. The molecular formula is C20H18KN3O4S. The molecule has 1 aliphatic heterocycles. The average molecular weight is 436 g/mol. The van der Waals surface area contributed by atoms with Gasteiger partial charge in [0.1, 0.15) is 18.2 Å². The van der Waals surface area contributed by atoms with Crippen LogP contribution in [0.5, 0.6) is 5.75 Å². The summed E-state index contributed by atoms with van der Waals surface area (Å²) in [6, 6.07) is 14.5. The molecule has 0 spiro atoms. The van der Waals surface area contributed by atoms with Gasteiger partial charge in [0.2, 0.25) is 5.91 Å². The number of aromatic nitrogens is 2. The number of amides is 2. The number of imide groups is 1.